The van der Waals surface area contributed by atoms with Gasteiger partial charge in [-0.1, -0.05) is 0 Å². The van der Waals surface area contributed by atoms with Crippen molar-refractivity contribution in [1.29, 1.82) is 0 Å². The average Bonchev–Trinajstić information content (AvgIpc) is 2.59. The molecular formula is C21H41NO8. The van der Waals surface area contributed by atoms with E-state index in [-0.39, 0.29) is 71.0 Å². The highest BCUT2D eigenvalue weighted by Crippen LogP contribution is 2.12. The number of likely N-dealkylation sites (N-methyl/N-ethyl adjacent to an activating group) is 1. The molecule has 0 radical (unpaired) electrons. The van der Waals surface area contributed by atoms with Crippen LogP contribution in [0.4, 0.5) is 0 Å². The van der Waals surface area contributed by atoms with Crippen LogP contribution in [0.2, 0.25) is 0 Å². The van der Waals surface area contributed by atoms with Gasteiger partial charge in [0, 0.05) is 0 Å². The molecule has 0 aliphatic rings. The van der Waals surface area contributed by atoms with Crippen molar-refractivity contribution < 1.29 is 38.4 Å². The molecule has 0 fully saturated rings. The van der Waals surface area contributed by atoms with E-state index < -0.39 is 16.7 Å². The summed E-state index contributed by atoms with van der Waals surface area (Å²) in [6.45, 7) is 12.0. The number of aliphatic hydroxyl groups is 1. The Hall–Kier alpha value is -1.26. The molecule has 2 N–H and O–H groups in total. The minimum absolute atomic E-state index is 0.0984. The maximum absolute atomic E-state index is 11.8. The second-order valence-corrected chi connectivity index (χ2v) is 9.08. The lowest BCUT2D eigenvalue weighted by Gasteiger charge is -2.33. The maximum Gasteiger partial charge on any atom is 0.308 e. The Morgan fingerprint density at radius 2 is 1.10 bits per heavy atom. The maximum atomic E-state index is 11.8. The van der Waals surface area contributed by atoms with Gasteiger partial charge in [-0.05, 0) is 48.6 Å². The summed E-state index contributed by atoms with van der Waals surface area (Å²) in [5.74, 6) is -0.662. The first-order valence-corrected chi connectivity index (χ1v) is 10.3. The van der Waals surface area contributed by atoms with Crippen molar-refractivity contribution in [2.24, 2.45) is 0 Å². The zero-order valence-corrected chi connectivity index (χ0v) is 19.7. The van der Waals surface area contributed by atoms with E-state index in [4.69, 9.17) is 28.8 Å². The average molecular weight is 436 g/mol. The number of hydrogen-bond acceptors (Lipinski definition) is 9. The lowest BCUT2D eigenvalue weighted by Crippen LogP contribution is -2.55. The van der Waals surface area contributed by atoms with Gasteiger partial charge in [-0.25, -0.2) is 0 Å². The third-order valence-corrected chi connectivity index (χ3v) is 3.64. The summed E-state index contributed by atoms with van der Waals surface area (Å²) in [5.41, 5.74) is -1.77. The number of aliphatic hydroxyl groups excluding tert-OH is 1. The molecule has 0 saturated heterocycles. The predicted molar refractivity (Wildman–Crippen MR) is 112 cm³/mol. The number of hydrogen-bond donors (Lipinski definition) is 2. The first-order valence-electron chi connectivity index (χ1n) is 10.3. The van der Waals surface area contributed by atoms with Crippen LogP contribution in [0.15, 0.2) is 0 Å². The second kappa shape index (κ2) is 13.9. The summed E-state index contributed by atoms with van der Waals surface area (Å²) >= 11 is 0. The van der Waals surface area contributed by atoms with Crippen molar-refractivity contribution >= 4 is 11.9 Å². The van der Waals surface area contributed by atoms with Gasteiger partial charge >= 0.3 is 11.9 Å². The molecule has 0 aliphatic heterocycles. The van der Waals surface area contributed by atoms with Crippen molar-refractivity contribution in [3.8, 4) is 0 Å². The molecule has 0 aromatic rings. The molecule has 0 rings (SSSR count). The van der Waals surface area contributed by atoms with Gasteiger partial charge in [-0.15, -0.1) is 0 Å². The lowest BCUT2D eigenvalue weighted by atomic mass is 10.0. The Kier molecular flexibility index (Phi) is 13.3. The molecule has 9 nitrogen and oxygen atoms in total. The molecule has 0 saturated carbocycles. The fourth-order valence-corrected chi connectivity index (χ4v) is 2.30. The molecule has 0 aromatic heterocycles. The number of ether oxygens (including phenoxy) is 5. The molecule has 0 amide bonds. The van der Waals surface area contributed by atoms with Crippen LogP contribution in [-0.2, 0) is 33.3 Å². The largest absolute Gasteiger partial charge is 0.460 e. The topological polar surface area (TPSA) is 113 Å². The van der Waals surface area contributed by atoms with Crippen LogP contribution in [0.1, 0.15) is 54.4 Å². The number of rotatable bonds is 15. The van der Waals surface area contributed by atoms with Crippen molar-refractivity contribution in [3.05, 3.63) is 0 Å². The Morgan fingerprint density at radius 1 is 0.733 bits per heavy atom. The van der Waals surface area contributed by atoms with Gasteiger partial charge in [-0.2, -0.15) is 0 Å². The summed E-state index contributed by atoms with van der Waals surface area (Å²) in [7, 11) is 1.75. The smallest absolute Gasteiger partial charge is 0.308 e. The van der Waals surface area contributed by atoms with Gasteiger partial charge in [0.1, 0.15) is 11.2 Å². The summed E-state index contributed by atoms with van der Waals surface area (Å²) in [5, 5.41) is 12.1. The van der Waals surface area contributed by atoms with E-state index in [9.17, 15) is 9.59 Å². The molecule has 178 valence electrons. The monoisotopic (exact) mass is 435 g/mol. The minimum atomic E-state index is -0.697. The molecule has 0 atom stereocenters. The fourth-order valence-electron chi connectivity index (χ4n) is 2.30. The van der Waals surface area contributed by atoms with Crippen LogP contribution in [0.25, 0.3) is 0 Å². The standard InChI is InChI=1S/C21H41NO8/c1-19(2,3)29-17(24)8-11-26-14-21(22-7,16-28-13-10-23)15-27-12-9-18(25)30-20(4,5)6/h22-23H,8-16H2,1-7H3. The number of carbonyl (C=O) groups excluding carboxylic acids is 2. The van der Waals surface area contributed by atoms with E-state index in [1.807, 2.05) is 41.5 Å². The number of esters is 2. The van der Waals surface area contributed by atoms with E-state index in [2.05, 4.69) is 5.32 Å². The van der Waals surface area contributed by atoms with Gasteiger partial charge in [0.25, 0.3) is 0 Å². The first-order chi connectivity index (χ1) is 13.8. The van der Waals surface area contributed by atoms with Gasteiger partial charge in [0.2, 0.25) is 0 Å². The summed E-state index contributed by atoms with van der Waals surface area (Å²) in [6, 6.07) is 0. The Morgan fingerprint density at radius 3 is 1.40 bits per heavy atom. The molecule has 0 unspecified atom stereocenters. The van der Waals surface area contributed by atoms with Crippen LogP contribution < -0.4 is 5.32 Å². The van der Waals surface area contributed by atoms with Gasteiger partial charge in [0.15, 0.2) is 0 Å². The van der Waals surface area contributed by atoms with E-state index in [0.717, 1.165) is 0 Å². The van der Waals surface area contributed by atoms with E-state index in [1.165, 1.54) is 0 Å². The van der Waals surface area contributed by atoms with Gasteiger partial charge in [0.05, 0.1) is 64.6 Å². The van der Waals surface area contributed by atoms with Crippen LogP contribution in [0.3, 0.4) is 0 Å². The van der Waals surface area contributed by atoms with Crippen LogP contribution >= 0.6 is 0 Å². The van der Waals surface area contributed by atoms with Crippen LogP contribution in [-0.4, -0.2) is 87.1 Å². The van der Waals surface area contributed by atoms with Crippen LogP contribution in [0.5, 0.6) is 0 Å². The summed E-state index contributed by atoms with van der Waals surface area (Å²) < 4.78 is 27.3. The molecule has 0 spiro atoms. The molecule has 30 heavy (non-hydrogen) atoms. The number of carbonyl (C=O) groups is 2. The highest BCUT2D eigenvalue weighted by atomic mass is 16.6. The Balaban J connectivity index is 4.54. The lowest BCUT2D eigenvalue weighted by molar-refractivity contribution is -0.157. The number of nitrogens with one attached hydrogen (secondary N) is 1. The van der Waals surface area contributed by atoms with Crippen molar-refractivity contribution in [2.75, 3.05) is 53.3 Å². The zero-order chi connectivity index (χ0) is 23.3. The van der Waals surface area contributed by atoms with Crippen molar-refractivity contribution in [2.45, 2.75) is 71.1 Å². The molecule has 0 bridgehead atoms. The Bertz CT molecular complexity index is 460. The normalized spacial score (nSPS) is 12.7. The van der Waals surface area contributed by atoms with E-state index >= 15 is 0 Å². The third-order valence-electron chi connectivity index (χ3n) is 3.64. The highest BCUT2D eigenvalue weighted by Gasteiger charge is 2.30. The Labute approximate surface area is 180 Å². The predicted octanol–water partition coefficient (Wildman–Crippen LogP) is 1.45. The molecular weight excluding hydrogens is 394 g/mol. The van der Waals surface area contributed by atoms with E-state index in [0.29, 0.717) is 0 Å². The molecule has 9 heteroatoms. The van der Waals surface area contributed by atoms with Gasteiger partial charge in [-0.3, -0.25) is 9.59 Å². The molecule has 0 aromatic carbocycles. The summed E-state index contributed by atoms with van der Waals surface area (Å²) in [6.07, 6.45) is 0.266. The first kappa shape index (κ1) is 28.7. The molecule has 0 aliphatic carbocycles. The van der Waals surface area contributed by atoms with E-state index in [1.54, 1.807) is 7.05 Å². The third kappa shape index (κ3) is 15.6. The fraction of sp³-hybridized carbons (Fsp3) is 0.905. The SMILES string of the molecule is CNC(COCCO)(COCCC(=O)OC(C)(C)C)COCCC(=O)OC(C)(C)C. The zero-order valence-electron chi connectivity index (χ0n) is 19.7. The minimum Gasteiger partial charge on any atom is -0.460 e. The van der Waals surface area contributed by atoms with Crippen LogP contribution in [0, 0.1) is 0 Å². The van der Waals surface area contributed by atoms with Crippen molar-refractivity contribution in [3.63, 3.8) is 0 Å². The van der Waals surface area contributed by atoms with Crippen molar-refractivity contribution in [1.82, 2.24) is 5.32 Å². The second-order valence-electron chi connectivity index (χ2n) is 9.08. The molecule has 0 heterocycles. The highest BCUT2D eigenvalue weighted by molar-refractivity contribution is 5.70. The quantitative estimate of drug-likeness (QED) is 0.291. The summed E-state index contributed by atoms with van der Waals surface area (Å²) in [4.78, 5) is 23.6. The van der Waals surface area contributed by atoms with Gasteiger partial charge < -0.3 is 34.1 Å².